The lowest BCUT2D eigenvalue weighted by molar-refractivity contribution is 0.0855. The van der Waals surface area contributed by atoms with Crippen LogP contribution in [0.2, 0.25) is 0 Å². The van der Waals surface area contributed by atoms with Crippen LogP contribution in [0, 0.1) is 6.92 Å². The van der Waals surface area contributed by atoms with Crippen LogP contribution in [0.25, 0.3) is 11.0 Å². The van der Waals surface area contributed by atoms with Crippen molar-refractivity contribution in [2.45, 2.75) is 26.9 Å². The fourth-order valence-electron chi connectivity index (χ4n) is 1.84. The summed E-state index contributed by atoms with van der Waals surface area (Å²) >= 11 is 0. The summed E-state index contributed by atoms with van der Waals surface area (Å²) in [5, 5.41) is 3.29. The number of aromatic nitrogens is 2. The number of para-hydroxylation sites is 2. The van der Waals surface area contributed by atoms with Gasteiger partial charge in [0, 0.05) is 13.2 Å². The average molecular weight is 245 g/mol. The van der Waals surface area contributed by atoms with E-state index in [4.69, 9.17) is 4.74 Å². The summed E-state index contributed by atoms with van der Waals surface area (Å²) in [4.78, 5) is 9.11. The van der Waals surface area contributed by atoms with Gasteiger partial charge in [-0.1, -0.05) is 12.1 Å². The van der Waals surface area contributed by atoms with Gasteiger partial charge in [-0.2, -0.15) is 0 Å². The van der Waals surface area contributed by atoms with Crippen molar-refractivity contribution in [3.05, 3.63) is 30.0 Å². The maximum absolute atomic E-state index is 5.48. The first-order chi connectivity index (χ1) is 8.70. The highest BCUT2D eigenvalue weighted by Gasteiger charge is 2.06. The minimum Gasteiger partial charge on any atom is -0.377 e. The Morgan fingerprint density at radius 3 is 2.56 bits per heavy atom. The molecular weight excluding hydrogens is 226 g/mol. The van der Waals surface area contributed by atoms with Crippen molar-refractivity contribution < 1.29 is 4.74 Å². The Labute approximate surface area is 107 Å². The fraction of sp³-hybridized carbons (Fsp3) is 0.429. The van der Waals surface area contributed by atoms with Crippen LogP contribution in [-0.2, 0) is 4.74 Å². The highest BCUT2D eigenvalue weighted by Crippen LogP contribution is 2.15. The Kier molecular flexibility index (Phi) is 4.10. The molecule has 1 unspecified atom stereocenters. The second-order valence-corrected chi connectivity index (χ2v) is 4.29. The molecule has 96 valence electrons. The molecule has 0 fully saturated rings. The lowest BCUT2D eigenvalue weighted by Gasteiger charge is -2.14. The second kappa shape index (κ2) is 5.78. The number of fused-ring (bicyclic) bond motifs is 1. The molecule has 1 aromatic heterocycles. The molecule has 0 saturated heterocycles. The number of rotatable bonds is 5. The summed E-state index contributed by atoms with van der Waals surface area (Å²) in [5.41, 5.74) is 2.76. The largest absolute Gasteiger partial charge is 0.377 e. The van der Waals surface area contributed by atoms with E-state index in [0.717, 1.165) is 35.7 Å². The van der Waals surface area contributed by atoms with Gasteiger partial charge >= 0.3 is 0 Å². The molecule has 0 saturated carbocycles. The molecule has 0 aliphatic heterocycles. The number of ether oxygens (including phenoxy) is 1. The Morgan fingerprint density at radius 1 is 1.22 bits per heavy atom. The maximum atomic E-state index is 5.48. The van der Waals surface area contributed by atoms with Crippen molar-refractivity contribution in [3.8, 4) is 0 Å². The predicted octanol–water partition coefficient (Wildman–Crippen LogP) is 2.78. The molecule has 0 bridgehead atoms. The van der Waals surface area contributed by atoms with Crippen LogP contribution in [0.4, 0.5) is 5.82 Å². The molecule has 1 atom stereocenters. The minimum atomic E-state index is 0.169. The van der Waals surface area contributed by atoms with Crippen LogP contribution in [0.5, 0.6) is 0 Å². The molecule has 2 rings (SSSR count). The normalized spacial score (nSPS) is 12.6. The molecule has 18 heavy (non-hydrogen) atoms. The van der Waals surface area contributed by atoms with Crippen molar-refractivity contribution in [1.29, 1.82) is 0 Å². The van der Waals surface area contributed by atoms with Gasteiger partial charge in [0.2, 0.25) is 0 Å². The lowest BCUT2D eigenvalue weighted by atomic mass is 10.3. The van der Waals surface area contributed by atoms with E-state index >= 15 is 0 Å². The molecule has 1 heterocycles. The summed E-state index contributed by atoms with van der Waals surface area (Å²) in [6.07, 6.45) is 0.169. The molecule has 2 aromatic rings. The third kappa shape index (κ3) is 2.96. The molecule has 4 heteroatoms. The van der Waals surface area contributed by atoms with Crippen LogP contribution in [0.3, 0.4) is 0 Å². The highest BCUT2D eigenvalue weighted by atomic mass is 16.5. The van der Waals surface area contributed by atoms with E-state index in [-0.39, 0.29) is 6.10 Å². The van der Waals surface area contributed by atoms with E-state index in [1.165, 1.54) is 0 Å². The first kappa shape index (κ1) is 12.8. The SMILES string of the molecule is CCOC(C)CNc1nc2ccccc2nc1C. The zero-order chi connectivity index (χ0) is 13.0. The van der Waals surface area contributed by atoms with E-state index in [1.54, 1.807) is 0 Å². The summed E-state index contributed by atoms with van der Waals surface area (Å²) in [7, 11) is 0. The van der Waals surface area contributed by atoms with Crippen molar-refractivity contribution in [2.24, 2.45) is 0 Å². The van der Waals surface area contributed by atoms with E-state index in [9.17, 15) is 0 Å². The zero-order valence-corrected chi connectivity index (χ0v) is 11.1. The zero-order valence-electron chi connectivity index (χ0n) is 11.1. The van der Waals surface area contributed by atoms with E-state index in [1.807, 2.05) is 45.0 Å². The van der Waals surface area contributed by atoms with Gasteiger partial charge in [-0.15, -0.1) is 0 Å². The highest BCUT2D eigenvalue weighted by molar-refractivity contribution is 5.76. The van der Waals surface area contributed by atoms with Crippen molar-refractivity contribution >= 4 is 16.9 Å². The van der Waals surface area contributed by atoms with Crippen LogP contribution >= 0.6 is 0 Å². The maximum Gasteiger partial charge on any atom is 0.148 e. The van der Waals surface area contributed by atoms with Gasteiger partial charge in [0.25, 0.3) is 0 Å². The van der Waals surface area contributed by atoms with Gasteiger partial charge in [0.15, 0.2) is 0 Å². The molecule has 1 aromatic carbocycles. The van der Waals surface area contributed by atoms with E-state index in [0.29, 0.717) is 0 Å². The van der Waals surface area contributed by atoms with Crippen LogP contribution in [-0.4, -0.2) is 29.2 Å². The molecular formula is C14H19N3O. The third-order valence-electron chi connectivity index (χ3n) is 2.75. The van der Waals surface area contributed by atoms with Crippen LogP contribution in [0.1, 0.15) is 19.5 Å². The van der Waals surface area contributed by atoms with Crippen molar-refractivity contribution in [3.63, 3.8) is 0 Å². The lowest BCUT2D eigenvalue weighted by Crippen LogP contribution is -2.20. The quantitative estimate of drug-likeness (QED) is 0.880. The number of nitrogens with zero attached hydrogens (tertiary/aromatic N) is 2. The van der Waals surface area contributed by atoms with Crippen molar-refractivity contribution in [2.75, 3.05) is 18.5 Å². The molecule has 0 aliphatic rings. The first-order valence-corrected chi connectivity index (χ1v) is 6.29. The van der Waals surface area contributed by atoms with Gasteiger partial charge in [0.1, 0.15) is 5.82 Å². The molecule has 0 aliphatic carbocycles. The van der Waals surface area contributed by atoms with Gasteiger partial charge in [-0.05, 0) is 32.9 Å². The summed E-state index contributed by atoms with van der Waals surface area (Å²) < 4.78 is 5.48. The van der Waals surface area contributed by atoms with Gasteiger partial charge < -0.3 is 10.1 Å². The molecule has 0 amide bonds. The number of hydrogen-bond donors (Lipinski definition) is 1. The number of aryl methyl sites for hydroxylation is 1. The molecule has 4 nitrogen and oxygen atoms in total. The summed E-state index contributed by atoms with van der Waals surface area (Å²) in [6, 6.07) is 7.89. The smallest absolute Gasteiger partial charge is 0.148 e. The number of benzene rings is 1. The Balaban J connectivity index is 2.15. The van der Waals surface area contributed by atoms with E-state index < -0.39 is 0 Å². The Morgan fingerprint density at radius 2 is 1.89 bits per heavy atom. The van der Waals surface area contributed by atoms with Crippen LogP contribution in [0.15, 0.2) is 24.3 Å². The standard InChI is InChI=1S/C14H19N3O/c1-4-18-10(2)9-15-14-11(3)16-12-7-5-6-8-13(12)17-14/h5-8,10H,4,9H2,1-3H3,(H,15,17). The molecule has 0 spiro atoms. The fourth-order valence-corrected chi connectivity index (χ4v) is 1.84. The third-order valence-corrected chi connectivity index (χ3v) is 2.75. The van der Waals surface area contributed by atoms with Crippen molar-refractivity contribution in [1.82, 2.24) is 9.97 Å². The van der Waals surface area contributed by atoms with Gasteiger partial charge in [-0.25, -0.2) is 9.97 Å². The van der Waals surface area contributed by atoms with E-state index in [2.05, 4.69) is 15.3 Å². The number of hydrogen-bond acceptors (Lipinski definition) is 4. The predicted molar refractivity (Wildman–Crippen MR) is 73.9 cm³/mol. The van der Waals surface area contributed by atoms with Gasteiger partial charge in [0.05, 0.1) is 22.8 Å². The number of anilines is 1. The van der Waals surface area contributed by atoms with Gasteiger partial charge in [-0.3, -0.25) is 0 Å². The summed E-state index contributed by atoms with van der Waals surface area (Å²) in [6.45, 7) is 7.47. The monoisotopic (exact) mass is 245 g/mol. The first-order valence-electron chi connectivity index (χ1n) is 6.29. The number of nitrogens with one attached hydrogen (secondary N) is 1. The molecule has 0 radical (unpaired) electrons. The molecule has 1 N–H and O–H groups in total. The van der Waals surface area contributed by atoms with Crippen LogP contribution < -0.4 is 5.32 Å². The minimum absolute atomic E-state index is 0.169. The average Bonchev–Trinajstić information content (AvgIpc) is 2.36. The topological polar surface area (TPSA) is 47.0 Å². The summed E-state index contributed by atoms with van der Waals surface area (Å²) in [5.74, 6) is 0.834. The second-order valence-electron chi connectivity index (χ2n) is 4.29. The Hall–Kier alpha value is -1.68. The Bertz CT molecular complexity index is 527.